The standard InChI is InChI=1S/C27H23FN2O4/c28-19-6-4-16(5-7-19)11-24-26(33)20-8-9-23(31)21(27(20)34-24)15-29-12-17-10-18(14-29)22-2-1-3-25(32)30(22)13-17/h1-9,11,17-18,31H,10,12-15H2/b24-11-/t17-,18+/m1/s1. The van der Waals surface area contributed by atoms with Crippen LogP contribution in [0.1, 0.15) is 39.5 Å². The Morgan fingerprint density at radius 2 is 1.85 bits per heavy atom. The number of rotatable bonds is 3. The number of phenols is 1. The molecule has 7 heteroatoms. The molecule has 6 nitrogen and oxygen atoms in total. The summed E-state index contributed by atoms with van der Waals surface area (Å²) >= 11 is 0. The van der Waals surface area contributed by atoms with Crippen molar-refractivity contribution in [3.05, 3.63) is 98.9 Å². The number of benzene rings is 2. The summed E-state index contributed by atoms with van der Waals surface area (Å²) in [4.78, 5) is 27.5. The zero-order valence-electron chi connectivity index (χ0n) is 18.4. The van der Waals surface area contributed by atoms with Crippen LogP contribution in [0.3, 0.4) is 0 Å². The van der Waals surface area contributed by atoms with E-state index in [0.29, 0.717) is 41.4 Å². The summed E-state index contributed by atoms with van der Waals surface area (Å²) in [6.07, 6.45) is 2.63. The third kappa shape index (κ3) is 3.53. The highest BCUT2D eigenvalue weighted by Crippen LogP contribution is 2.42. The highest BCUT2D eigenvalue weighted by molar-refractivity contribution is 6.15. The molecule has 2 aromatic carbocycles. The Hall–Kier alpha value is -3.71. The van der Waals surface area contributed by atoms with E-state index in [4.69, 9.17) is 4.74 Å². The minimum atomic E-state index is -0.352. The number of hydrogen-bond acceptors (Lipinski definition) is 5. The Morgan fingerprint density at radius 3 is 2.68 bits per heavy atom. The van der Waals surface area contributed by atoms with Crippen LogP contribution >= 0.6 is 0 Å². The van der Waals surface area contributed by atoms with Gasteiger partial charge in [0.1, 0.15) is 17.3 Å². The number of ether oxygens (including phenoxy) is 1. The fourth-order valence-corrected chi connectivity index (χ4v) is 5.51. The first-order valence-corrected chi connectivity index (χ1v) is 11.4. The predicted molar refractivity (Wildman–Crippen MR) is 124 cm³/mol. The van der Waals surface area contributed by atoms with Gasteiger partial charge in [0.15, 0.2) is 5.76 Å². The van der Waals surface area contributed by atoms with E-state index in [1.165, 1.54) is 18.2 Å². The van der Waals surface area contributed by atoms with Crippen molar-refractivity contribution in [3.8, 4) is 11.5 Å². The first-order chi connectivity index (χ1) is 16.5. The molecule has 3 aliphatic heterocycles. The maximum Gasteiger partial charge on any atom is 0.250 e. The van der Waals surface area contributed by atoms with Crippen molar-refractivity contribution in [2.45, 2.75) is 25.4 Å². The van der Waals surface area contributed by atoms with Gasteiger partial charge in [0.25, 0.3) is 5.56 Å². The van der Waals surface area contributed by atoms with E-state index < -0.39 is 0 Å². The molecular formula is C27H23FN2O4. The van der Waals surface area contributed by atoms with E-state index in [1.807, 2.05) is 16.7 Å². The molecule has 0 saturated carbocycles. The molecule has 1 aromatic heterocycles. The van der Waals surface area contributed by atoms with Gasteiger partial charge in [-0.2, -0.15) is 0 Å². The van der Waals surface area contributed by atoms with Crippen LogP contribution in [0.15, 0.2) is 65.2 Å². The second-order valence-electron chi connectivity index (χ2n) is 9.32. The number of ketones is 1. The number of Topliss-reactive ketones (excluding diaryl/α,β-unsaturated/α-hetero) is 1. The number of phenolic OH excluding ortho intramolecular Hbond substituents is 1. The van der Waals surface area contributed by atoms with E-state index in [0.717, 1.165) is 25.2 Å². The Bertz CT molecular complexity index is 1390. The Balaban J connectivity index is 1.28. The van der Waals surface area contributed by atoms with Gasteiger partial charge in [0, 0.05) is 43.9 Å². The number of carbonyl (C=O) groups excluding carboxylic acids is 1. The van der Waals surface area contributed by atoms with E-state index in [1.54, 1.807) is 30.3 Å². The van der Waals surface area contributed by atoms with Gasteiger partial charge in [-0.1, -0.05) is 18.2 Å². The van der Waals surface area contributed by atoms with Crippen molar-refractivity contribution in [1.82, 2.24) is 9.47 Å². The number of nitrogens with zero attached hydrogens (tertiary/aromatic N) is 2. The van der Waals surface area contributed by atoms with Crippen LogP contribution in [-0.2, 0) is 13.1 Å². The van der Waals surface area contributed by atoms with Crippen LogP contribution in [-0.4, -0.2) is 33.4 Å². The highest BCUT2D eigenvalue weighted by Gasteiger charge is 2.36. The SMILES string of the molecule is O=C1/C(=C/c2ccc(F)cc2)Oc2c1ccc(O)c2CN1C[C@H]2C[C@@H](C1)c1cccc(=O)n1C2. The Morgan fingerprint density at radius 1 is 1.03 bits per heavy atom. The minimum absolute atomic E-state index is 0.0477. The number of likely N-dealkylation sites (tertiary alicyclic amines) is 1. The second kappa shape index (κ2) is 7.95. The summed E-state index contributed by atoms with van der Waals surface area (Å²) in [5, 5.41) is 10.7. The van der Waals surface area contributed by atoms with E-state index in [-0.39, 0.29) is 34.6 Å². The molecule has 1 fully saturated rings. The zero-order chi connectivity index (χ0) is 23.4. The topological polar surface area (TPSA) is 71.8 Å². The van der Waals surface area contributed by atoms with E-state index in [9.17, 15) is 19.1 Å². The molecule has 6 rings (SSSR count). The van der Waals surface area contributed by atoms with E-state index >= 15 is 0 Å². The number of fused-ring (bicyclic) bond motifs is 5. The van der Waals surface area contributed by atoms with Gasteiger partial charge in [0.2, 0.25) is 5.78 Å². The number of hydrogen-bond donors (Lipinski definition) is 1. The maximum absolute atomic E-state index is 13.2. The second-order valence-corrected chi connectivity index (χ2v) is 9.32. The molecule has 0 spiro atoms. The molecule has 34 heavy (non-hydrogen) atoms. The van der Waals surface area contributed by atoms with Crippen molar-refractivity contribution in [3.63, 3.8) is 0 Å². The lowest BCUT2D eigenvalue weighted by molar-refractivity contribution is 0.101. The largest absolute Gasteiger partial charge is 0.507 e. The number of aromatic hydroxyl groups is 1. The number of aromatic nitrogens is 1. The molecule has 4 heterocycles. The van der Waals surface area contributed by atoms with Crippen LogP contribution in [0.2, 0.25) is 0 Å². The lowest BCUT2D eigenvalue weighted by Crippen LogP contribution is -2.46. The van der Waals surface area contributed by atoms with Gasteiger partial charge < -0.3 is 14.4 Å². The number of piperidine rings is 1. The van der Waals surface area contributed by atoms with Crippen LogP contribution in [0.25, 0.3) is 6.08 Å². The molecule has 172 valence electrons. The molecule has 1 saturated heterocycles. The molecule has 2 atom stereocenters. The van der Waals surface area contributed by atoms with Crippen LogP contribution < -0.4 is 10.3 Å². The van der Waals surface area contributed by atoms with Crippen molar-refractivity contribution < 1.29 is 19.0 Å². The fourth-order valence-electron chi connectivity index (χ4n) is 5.51. The third-order valence-corrected chi connectivity index (χ3v) is 7.02. The lowest BCUT2D eigenvalue weighted by atomic mass is 9.83. The molecule has 0 aliphatic carbocycles. The summed E-state index contributed by atoms with van der Waals surface area (Å²) in [5.74, 6) is 0.600. The minimum Gasteiger partial charge on any atom is -0.507 e. The molecule has 2 bridgehead atoms. The van der Waals surface area contributed by atoms with Gasteiger partial charge in [-0.3, -0.25) is 14.5 Å². The molecule has 3 aliphatic rings. The number of halogens is 1. The zero-order valence-corrected chi connectivity index (χ0v) is 18.4. The normalized spacial score (nSPS) is 22.4. The van der Waals surface area contributed by atoms with Gasteiger partial charge in [0.05, 0.1) is 11.1 Å². The monoisotopic (exact) mass is 458 g/mol. The van der Waals surface area contributed by atoms with Crippen LogP contribution in [0.4, 0.5) is 4.39 Å². The first-order valence-electron chi connectivity index (χ1n) is 11.4. The van der Waals surface area contributed by atoms with E-state index in [2.05, 4.69) is 4.90 Å². The molecular weight excluding hydrogens is 435 g/mol. The lowest BCUT2D eigenvalue weighted by Gasteiger charge is -2.42. The molecule has 0 unspecified atom stereocenters. The number of allylic oxidation sites excluding steroid dienone is 1. The summed E-state index contributed by atoms with van der Waals surface area (Å²) < 4.78 is 21.1. The quantitative estimate of drug-likeness (QED) is 0.603. The molecule has 0 radical (unpaired) electrons. The van der Waals surface area contributed by atoms with Gasteiger partial charge in [-0.25, -0.2) is 4.39 Å². The van der Waals surface area contributed by atoms with Gasteiger partial charge >= 0.3 is 0 Å². The van der Waals surface area contributed by atoms with Gasteiger partial charge in [-0.05, 0) is 54.3 Å². The van der Waals surface area contributed by atoms with Crippen molar-refractivity contribution in [1.29, 1.82) is 0 Å². The number of carbonyl (C=O) groups is 1. The predicted octanol–water partition coefficient (Wildman–Crippen LogP) is 3.93. The van der Waals surface area contributed by atoms with Crippen LogP contribution in [0, 0.1) is 11.7 Å². The fraction of sp³-hybridized carbons (Fsp3) is 0.259. The van der Waals surface area contributed by atoms with Crippen molar-refractivity contribution in [2.24, 2.45) is 5.92 Å². The van der Waals surface area contributed by atoms with Crippen LogP contribution in [0.5, 0.6) is 11.5 Å². The molecule has 1 N–H and O–H groups in total. The average molecular weight is 458 g/mol. The van der Waals surface area contributed by atoms with Crippen molar-refractivity contribution in [2.75, 3.05) is 13.1 Å². The summed E-state index contributed by atoms with van der Waals surface area (Å²) in [5.41, 5.74) is 2.76. The molecule has 0 amide bonds. The maximum atomic E-state index is 13.2. The third-order valence-electron chi connectivity index (χ3n) is 7.02. The summed E-state index contributed by atoms with van der Waals surface area (Å²) in [7, 11) is 0. The Labute approximate surface area is 195 Å². The highest BCUT2D eigenvalue weighted by atomic mass is 19.1. The number of pyridine rings is 1. The first kappa shape index (κ1) is 20.9. The summed E-state index contributed by atoms with van der Waals surface area (Å²) in [6.45, 7) is 2.69. The smallest absolute Gasteiger partial charge is 0.250 e. The van der Waals surface area contributed by atoms with Gasteiger partial charge in [-0.15, -0.1) is 0 Å². The molecule has 3 aromatic rings. The summed E-state index contributed by atoms with van der Waals surface area (Å²) in [6, 6.07) is 14.4. The van der Waals surface area contributed by atoms with Crippen molar-refractivity contribution >= 4 is 11.9 Å². The average Bonchev–Trinajstić information content (AvgIpc) is 3.13. The Kier molecular flexibility index (Phi) is 4.88.